The molecule has 2 aromatic rings. The number of H-pyrrole nitrogens is 1. The van der Waals surface area contributed by atoms with Crippen LogP contribution in [0.3, 0.4) is 0 Å². The van der Waals surface area contributed by atoms with Gasteiger partial charge < -0.3 is 9.88 Å². The van der Waals surface area contributed by atoms with Crippen LogP contribution in [0.2, 0.25) is 0 Å². The van der Waals surface area contributed by atoms with Crippen LogP contribution in [0.25, 0.3) is 0 Å². The Kier molecular flexibility index (Phi) is 5.80. The molecule has 0 spiro atoms. The van der Waals surface area contributed by atoms with Crippen LogP contribution in [0.4, 0.5) is 4.39 Å². The van der Waals surface area contributed by atoms with Crippen LogP contribution in [-0.4, -0.2) is 35.4 Å². The van der Waals surface area contributed by atoms with Gasteiger partial charge in [0.25, 0.3) is 11.5 Å². The summed E-state index contributed by atoms with van der Waals surface area (Å²) < 4.78 is 13.3. The highest BCUT2D eigenvalue weighted by Crippen LogP contribution is 2.24. The lowest BCUT2D eigenvalue weighted by atomic mass is 9.99. The zero-order chi connectivity index (χ0) is 18.5. The fourth-order valence-corrected chi connectivity index (χ4v) is 3.23. The van der Waals surface area contributed by atoms with E-state index in [1.54, 1.807) is 30.1 Å². The van der Waals surface area contributed by atoms with E-state index in [-0.39, 0.29) is 34.9 Å². The molecule has 1 fully saturated rings. The molecule has 1 aliphatic heterocycles. The molecule has 1 aromatic heterocycles. The van der Waals surface area contributed by atoms with Gasteiger partial charge in [0.15, 0.2) is 0 Å². The first-order valence-corrected chi connectivity index (χ1v) is 8.74. The Balaban J connectivity index is 1.46. The molecule has 6 nitrogen and oxygen atoms in total. The molecule has 138 valence electrons. The van der Waals surface area contributed by atoms with Crippen molar-refractivity contribution in [3.63, 3.8) is 0 Å². The third-order valence-electron chi connectivity index (χ3n) is 4.67. The van der Waals surface area contributed by atoms with Crippen molar-refractivity contribution in [3.8, 4) is 0 Å². The van der Waals surface area contributed by atoms with Crippen LogP contribution in [0, 0.1) is 5.82 Å². The summed E-state index contributed by atoms with van der Waals surface area (Å²) in [4.78, 5) is 28.1. The normalized spacial score (nSPS) is 19.5. The van der Waals surface area contributed by atoms with Crippen molar-refractivity contribution in [1.29, 1.82) is 0 Å². The first-order chi connectivity index (χ1) is 12.5. The lowest BCUT2D eigenvalue weighted by molar-refractivity contribution is 0.0790. The number of aromatic amines is 1. The number of hydrazine groups is 1. The molecule has 2 unspecified atom stereocenters. The van der Waals surface area contributed by atoms with Crippen molar-refractivity contribution in [1.82, 2.24) is 20.7 Å². The second-order valence-electron chi connectivity index (χ2n) is 6.61. The highest BCUT2D eigenvalue weighted by Gasteiger charge is 2.25. The van der Waals surface area contributed by atoms with E-state index < -0.39 is 0 Å². The molecule has 0 bridgehead atoms. The van der Waals surface area contributed by atoms with Crippen molar-refractivity contribution in [2.24, 2.45) is 0 Å². The third-order valence-corrected chi connectivity index (χ3v) is 4.67. The Hall–Kier alpha value is -2.51. The molecular weight excluding hydrogens is 335 g/mol. The number of nitrogens with one attached hydrogen (secondary N) is 3. The van der Waals surface area contributed by atoms with Crippen LogP contribution >= 0.6 is 0 Å². The van der Waals surface area contributed by atoms with Crippen LogP contribution in [0.5, 0.6) is 0 Å². The summed E-state index contributed by atoms with van der Waals surface area (Å²) in [7, 11) is 1.70. The number of aromatic nitrogens is 1. The Morgan fingerprint density at radius 1 is 1.27 bits per heavy atom. The number of amides is 1. The summed E-state index contributed by atoms with van der Waals surface area (Å²) in [5.74, 6) is -0.509. The van der Waals surface area contributed by atoms with Gasteiger partial charge in [-0.15, -0.1) is 0 Å². The second-order valence-corrected chi connectivity index (χ2v) is 6.61. The summed E-state index contributed by atoms with van der Waals surface area (Å²) in [6.07, 6.45) is 4.05. The molecule has 1 aliphatic rings. The fourth-order valence-electron chi connectivity index (χ4n) is 3.23. The quantitative estimate of drug-likeness (QED) is 0.738. The van der Waals surface area contributed by atoms with Crippen LogP contribution in [0.1, 0.15) is 41.2 Å². The minimum absolute atomic E-state index is 0.0814. The number of hydrogen-bond acceptors (Lipinski definition) is 4. The molecule has 0 radical (unpaired) electrons. The topological polar surface area (TPSA) is 77.2 Å². The molecule has 1 saturated heterocycles. The Labute approximate surface area is 151 Å². The van der Waals surface area contributed by atoms with Gasteiger partial charge in [-0.1, -0.05) is 12.1 Å². The molecule has 0 saturated carbocycles. The number of rotatable bonds is 6. The number of hydrogen-bond donors (Lipinski definition) is 3. The maximum atomic E-state index is 13.3. The zero-order valence-corrected chi connectivity index (χ0v) is 14.7. The fraction of sp³-hybridized carbons (Fsp3) is 0.368. The SMILES string of the molecule is CN(CCCC1CC(c2cccc(F)c2)NN1)C(=O)c1ccc[nH]c1=O. The summed E-state index contributed by atoms with van der Waals surface area (Å²) in [6.45, 7) is 0.565. The van der Waals surface area contributed by atoms with E-state index in [0.717, 1.165) is 24.8 Å². The molecule has 2 heterocycles. The van der Waals surface area contributed by atoms with Gasteiger partial charge in [0, 0.05) is 31.9 Å². The van der Waals surface area contributed by atoms with Gasteiger partial charge in [0.05, 0.1) is 0 Å². The standard InChI is InChI=1S/C19H23FN4O2/c1-24(19(26)16-8-3-9-21-18(16)25)10-4-7-15-12-17(23-22-15)13-5-2-6-14(20)11-13/h2-3,5-6,8-9,11,15,17,22-23H,4,7,10,12H2,1H3,(H,21,25). The van der Waals surface area contributed by atoms with E-state index in [2.05, 4.69) is 15.8 Å². The van der Waals surface area contributed by atoms with Gasteiger partial charge in [0.1, 0.15) is 11.4 Å². The number of pyridine rings is 1. The van der Waals surface area contributed by atoms with Crippen LogP contribution < -0.4 is 16.4 Å². The second kappa shape index (κ2) is 8.25. The summed E-state index contributed by atoms with van der Waals surface area (Å²) in [5, 5.41) is 0. The maximum absolute atomic E-state index is 13.3. The highest BCUT2D eigenvalue weighted by atomic mass is 19.1. The van der Waals surface area contributed by atoms with Gasteiger partial charge >= 0.3 is 0 Å². The number of nitrogens with zero attached hydrogens (tertiary/aromatic N) is 1. The first-order valence-electron chi connectivity index (χ1n) is 8.74. The molecule has 26 heavy (non-hydrogen) atoms. The molecular formula is C19H23FN4O2. The van der Waals surface area contributed by atoms with E-state index in [4.69, 9.17) is 0 Å². The van der Waals surface area contributed by atoms with Gasteiger partial charge in [-0.3, -0.25) is 20.4 Å². The van der Waals surface area contributed by atoms with Crippen LogP contribution in [0.15, 0.2) is 47.4 Å². The Bertz CT molecular complexity index is 823. The average Bonchev–Trinajstić information content (AvgIpc) is 3.10. The lowest BCUT2D eigenvalue weighted by Gasteiger charge is -2.18. The van der Waals surface area contributed by atoms with E-state index in [1.165, 1.54) is 18.3 Å². The van der Waals surface area contributed by atoms with E-state index in [0.29, 0.717) is 6.54 Å². The predicted octanol–water partition coefficient (Wildman–Crippen LogP) is 1.97. The van der Waals surface area contributed by atoms with Gasteiger partial charge in [-0.25, -0.2) is 4.39 Å². The van der Waals surface area contributed by atoms with E-state index in [1.807, 2.05) is 6.07 Å². The smallest absolute Gasteiger partial charge is 0.260 e. The monoisotopic (exact) mass is 358 g/mol. The molecule has 0 aliphatic carbocycles. The zero-order valence-electron chi connectivity index (χ0n) is 14.7. The van der Waals surface area contributed by atoms with Gasteiger partial charge in [0.2, 0.25) is 0 Å². The molecule has 3 rings (SSSR count). The third kappa shape index (κ3) is 4.36. The van der Waals surface area contributed by atoms with Gasteiger partial charge in [-0.05, 0) is 49.1 Å². The molecule has 2 atom stereocenters. The van der Waals surface area contributed by atoms with Crippen molar-refractivity contribution in [3.05, 3.63) is 69.9 Å². The lowest BCUT2D eigenvalue weighted by Crippen LogP contribution is -2.34. The highest BCUT2D eigenvalue weighted by molar-refractivity contribution is 5.93. The van der Waals surface area contributed by atoms with E-state index >= 15 is 0 Å². The first kappa shape index (κ1) is 18.3. The predicted molar refractivity (Wildman–Crippen MR) is 97.1 cm³/mol. The maximum Gasteiger partial charge on any atom is 0.260 e. The minimum Gasteiger partial charge on any atom is -0.342 e. The Morgan fingerprint density at radius 3 is 2.88 bits per heavy atom. The summed E-state index contributed by atoms with van der Waals surface area (Å²) in [5.41, 5.74) is 7.15. The van der Waals surface area contributed by atoms with Crippen molar-refractivity contribution < 1.29 is 9.18 Å². The van der Waals surface area contributed by atoms with Crippen molar-refractivity contribution in [2.45, 2.75) is 31.3 Å². The summed E-state index contributed by atoms with van der Waals surface area (Å²) in [6, 6.07) is 10.1. The number of halogens is 1. The number of carbonyl (C=O) groups is 1. The van der Waals surface area contributed by atoms with E-state index in [9.17, 15) is 14.0 Å². The number of carbonyl (C=O) groups excluding carboxylic acids is 1. The Morgan fingerprint density at radius 2 is 2.12 bits per heavy atom. The molecule has 1 aromatic carbocycles. The average molecular weight is 358 g/mol. The largest absolute Gasteiger partial charge is 0.342 e. The van der Waals surface area contributed by atoms with Gasteiger partial charge in [-0.2, -0.15) is 0 Å². The minimum atomic E-state index is -0.371. The van der Waals surface area contributed by atoms with Crippen molar-refractivity contribution >= 4 is 5.91 Å². The number of benzene rings is 1. The molecule has 7 heteroatoms. The van der Waals surface area contributed by atoms with Crippen molar-refractivity contribution in [2.75, 3.05) is 13.6 Å². The molecule has 3 N–H and O–H groups in total. The summed E-state index contributed by atoms with van der Waals surface area (Å²) >= 11 is 0. The molecule has 1 amide bonds. The van der Waals surface area contributed by atoms with Crippen LogP contribution in [-0.2, 0) is 0 Å².